The Morgan fingerprint density at radius 2 is 1.13 bits per heavy atom. The summed E-state index contributed by atoms with van der Waals surface area (Å²) in [5, 5.41) is 9.72. The van der Waals surface area contributed by atoms with Crippen LogP contribution in [-0.4, -0.2) is 193 Å². The van der Waals surface area contributed by atoms with Crippen molar-refractivity contribution < 1.29 is 52.4 Å². The molecule has 374 valence electrons. The number of benzene rings is 1. The Kier molecular flexibility index (Phi) is 17.5. The van der Waals surface area contributed by atoms with E-state index in [1.165, 1.54) is 13.3 Å². The second-order valence-corrected chi connectivity index (χ2v) is 21.1. The Morgan fingerprint density at radius 1 is 0.701 bits per heavy atom. The van der Waals surface area contributed by atoms with Gasteiger partial charge >= 0.3 is 23.9 Å². The van der Waals surface area contributed by atoms with Gasteiger partial charge in [-0.3, -0.25) is 43.6 Å². The van der Waals surface area contributed by atoms with Crippen LogP contribution in [0.3, 0.4) is 0 Å². The first kappa shape index (κ1) is 53.1. The van der Waals surface area contributed by atoms with Gasteiger partial charge in [-0.25, -0.2) is 9.18 Å². The lowest BCUT2D eigenvalue weighted by molar-refractivity contribution is -0.158. The number of methoxy groups -OCH3 is 1. The smallest absolute Gasteiger partial charge is 0.341 e. The number of pyridine rings is 1. The Bertz CT molecular complexity index is 2130. The lowest BCUT2D eigenvalue weighted by Gasteiger charge is -2.40. The van der Waals surface area contributed by atoms with Gasteiger partial charge < -0.3 is 38.4 Å². The zero-order valence-corrected chi connectivity index (χ0v) is 41.6. The maximum absolute atomic E-state index is 16.3. The van der Waals surface area contributed by atoms with Gasteiger partial charge in [-0.15, -0.1) is 0 Å². The fourth-order valence-corrected chi connectivity index (χ4v) is 8.58. The van der Waals surface area contributed by atoms with Crippen molar-refractivity contribution in [3.05, 3.63) is 33.9 Å². The zero-order valence-electron chi connectivity index (χ0n) is 41.6. The molecule has 1 aromatic carbocycles. The van der Waals surface area contributed by atoms with E-state index in [9.17, 15) is 33.9 Å². The van der Waals surface area contributed by atoms with Gasteiger partial charge in [0.05, 0.1) is 44.2 Å². The van der Waals surface area contributed by atoms with Crippen LogP contribution in [0.2, 0.25) is 0 Å². The lowest BCUT2D eigenvalue weighted by Crippen LogP contribution is -2.53. The largest absolute Gasteiger partial charge is 0.492 e. The SMILES string of the molecule is COc1c(N2CCCC(N(C)C(=O)CN3CCN(CC(=O)OC(C)(C)C)CCN(CC(=O)OC(C)(C)C)CCN(CC(=O)OC(C)(C)C)CC3)C2)c(F)cc2c(=O)c(C(=O)O)cn(C3CC3)c12. The number of piperidine rings is 1. The Hall–Kier alpha value is -4.85. The molecular weight excluding hydrogens is 870 g/mol. The van der Waals surface area contributed by atoms with Crippen LogP contribution in [0.15, 0.2) is 17.1 Å². The highest BCUT2D eigenvalue weighted by Gasteiger charge is 2.35. The molecule has 18 nitrogen and oxygen atoms in total. The van der Waals surface area contributed by atoms with E-state index in [-0.39, 0.29) is 73.5 Å². The molecule has 0 radical (unpaired) electrons. The number of likely N-dealkylation sites (N-methyl/N-ethyl adjacent to an activating group) is 1. The van der Waals surface area contributed by atoms with Gasteiger partial charge in [-0.2, -0.15) is 0 Å². The van der Waals surface area contributed by atoms with Gasteiger partial charge in [0.25, 0.3) is 0 Å². The van der Waals surface area contributed by atoms with Crippen molar-refractivity contribution >= 4 is 46.4 Å². The summed E-state index contributed by atoms with van der Waals surface area (Å²) < 4.78 is 40.9. The number of ether oxygens (including phenoxy) is 4. The van der Waals surface area contributed by atoms with Crippen molar-refractivity contribution in [2.75, 3.05) is 111 Å². The quantitative estimate of drug-likeness (QED) is 0.226. The maximum atomic E-state index is 16.3. The molecule has 19 heteroatoms. The second kappa shape index (κ2) is 22.1. The number of carboxylic acid groups (broad SMARTS) is 1. The summed E-state index contributed by atoms with van der Waals surface area (Å²) in [5.74, 6) is -3.31. The van der Waals surface area contributed by atoms with E-state index in [0.29, 0.717) is 77.3 Å². The summed E-state index contributed by atoms with van der Waals surface area (Å²) in [6.07, 6.45) is 4.16. The second-order valence-electron chi connectivity index (χ2n) is 21.1. The molecule has 1 saturated carbocycles. The number of carbonyl (C=O) groups is 5. The average molecular weight is 944 g/mol. The van der Waals surface area contributed by atoms with E-state index in [2.05, 4.69) is 0 Å². The molecule has 5 rings (SSSR count). The van der Waals surface area contributed by atoms with Gasteiger partial charge in [-0.1, -0.05) is 0 Å². The van der Waals surface area contributed by atoms with E-state index < -0.39 is 51.5 Å². The van der Waals surface area contributed by atoms with Crippen LogP contribution >= 0.6 is 0 Å². The van der Waals surface area contributed by atoms with Crippen molar-refractivity contribution in [2.45, 2.75) is 117 Å². The van der Waals surface area contributed by atoms with Crippen LogP contribution in [0.5, 0.6) is 5.75 Å². The fourth-order valence-electron chi connectivity index (χ4n) is 8.58. The van der Waals surface area contributed by atoms with Crippen molar-refractivity contribution in [3.63, 3.8) is 0 Å². The third-order valence-electron chi connectivity index (χ3n) is 11.8. The summed E-state index contributed by atoms with van der Waals surface area (Å²) in [7, 11) is 3.14. The number of carboxylic acids is 1. The number of aromatic carboxylic acids is 1. The van der Waals surface area contributed by atoms with Crippen LogP contribution in [0.25, 0.3) is 10.9 Å². The maximum Gasteiger partial charge on any atom is 0.341 e. The van der Waals surface area contributed by atoms with Gasteiger partial charge in [-0.05, 0) is 94.1 Å². The Morgan fingerprint density at radius 3 is 1.52 bits per heavy atom. The van der Waals surface area contributed by atoms with Crippen LogP contribution in [0.1, 0.15) is 104 Å². The van der Waals surface area contributed by atoms with Gasteiger partial charge in [0, 0.05) is 90.8 Å². The monoisotopic (exact) mass is 944 g/mol. The molecule has 1 atom stereocenters. The predicted octanol–water partition coefficient (Wildman–Crippen LogP) is 3.86. The van der Waals surface area contributed by atoms with Crippen molar-refractivity contribution in [3.8, 4) is 5.75 Å². The number of hydrogen-bond donors (Lipinski definition) is 1. The highest BCUT2D eigenvalue weighted by Crippen LogP contribution is 2.44. The van der Waals surface area contributed by atoms with E-state index >= 15 is 4.39 Å². The molecule has 1 N–H and O–H groups in total. The van der Waals surface area contributed by atoms with Crippen LogP contribution in [-0.2, 0) is 33.4 Å². The molecule has 0 bridgehead atoms. The normalized spacial score (nSPS) is 19.3. The van der Waals surface area contributed by atoms with Crippen LogP contribution < -0.4 is 15.1 Å². The third-order valence-corrected chi connectivity index (χ3v) is 11.8. The molecule has 1 unspecified atom stereocenters. The summed E-state index contributed by atoms with van der Waals surface area (Å²) >= 11 is 0. The third kappa shape index (κ3) is 15.6. The number of rotatable bonds is 13. The van der Waals surface area contributed by atoms with Crippen LogP contribution in [0.4, 0.5) is 10.1 Å². The van der Waals surface area contributed by atoms with E-state index in [1.54, 1.807) is 16.5 Å². The molecule has 2 aromatic rings. The van der Waals surface area contributed by atoms with Gasteiger partial charge in [0.2, 0.25) is 11.3 Å². The first-order chi connectivity index (χ1) is 31.2. The van der Waals surface area contributed by atoms with E-state index in [1.807, 2.05) is 86.8 Å². The summed E-state index contributed by atoms with van der Waals surface area (Å²) in [6, 6.07) is 0.731. The summed E-state index contributed by atoms with van der Waals surface area (Å²) in [4.78, 5) is 90.6. The molecule has 1 aromatic heterocycles. The van der Waals surface area contributed by atoms with E-state index in [4.69, 9.17) is 18.9 Å². The molecule has 1 aliphatic carbocycles. The first-order valence-corrected chi connectivity index (χ1v) is 23.5. The van der Waals surface area contributed by atoms with Gasteiger partial charge in [0.15, 0.2) is 11.6 Å². The van der Waals surface area contributed by atoms with Crippen molar-refractivity contribution in [1.82, 2.24) is 29.1 Å². The average Bonchev–Trinajstić information content (AvgIpc) is 4.05. The zero-order chi connectivity index (χ0) is 49.6. The first-order valence-electron chi connectivity index (χ1n) is 23.5. The molecule has 2 saturated heterocycles. The number of hydrogen-bond acceptors (Lipinski definition) is 15. The molecular formula is C48H74FN7O11. The number of fused-ring (bicyclic) bond motifs is 1. The fraction of sp³-hybridized carbons (Fsp3) is 0.708. The molecule has 3 aliphatic rings. The van der Waals surface area contributed by atoms with E-state index in [0.717, 1.165) is 18.9 Å². The standard InChI is InChI=1S/C48H74FN7O11/c1-46(2,3)65-38(58)29-52-19-17-51(18-20-53(30-39(59)66-47(4,5)6)22-24-54(23-21-52)31-40(60)67-48(7,8)9)28-37(57)50(10)33-13-12-16-55(26-33)42-36(49)25-34-41(44(42)64-11)56(32-14-15-32)27-35(43(34)61)45(62)63/h25,27,32-33H,12-24,26,28-31H2,1-11H3,(H,62,63). The van der Waals surface area contributed by atoms with Crippen LogP contribution in [0, 0.1) is 5.82 Å². The predicted molar refractivity (Wildman–Crippen MR) is 251 cm³/mol. The number of esters is 3. The van der Waals surface area contributed by atoms with Crippen molar-refractivity contribution in [2.24, 2.45) is 0 Å². The topological polar surface area (TPSA) is 184 Å². The molecule has 67 heavy (non-hydrogen) atoms. The van der Waals surface area contributed by atoms with Crippen molar-refractivity contribution in [1.29, 1.82) is 0 Å². The number of halogens is 1. The molecule has 3 fully saturated rings. The number of carbonyl (C=O) groups excluding carboxylic acids is 4. The molecule has 3 heterocycles. The molecule has 0 spiro atoms. The Labute approximate surface area is 394 Å². The highest BCUT2D eigenvalue weighted by atomic mass is 19.1. The summed E-state index contributed by atoms with van der Waals surface area (Å²) in [6.45, 7) is 20.2. The number of aromatic nitrogens is 1. The van der Waals surface area contributed by atoms with Gasteiger partial charge in [0.1, 0.15) is 28.1 Å². The summed E-state index contributed by atoms with van der Waals surface area (Å²) in [5.41, 5.74) is -2.79. The number of amides is 1. The number of nitrogens with zero attached hydrogens (tertiary/aromatic N) is 7. The Balaban J connectivity index is 1.38. The minimum Gasteiger partial charge on any atom is -0.492 e. The molecule has 2 aliphatic heterocycles. The molecule has 1 amide bonds. The highest BCUT2D eigenvalue weighted by molar-refractivity contribution is 5.97. The lowest BCUT2D eigenvalue weighted by atomic mass is 10.0. The minimum atomic E-state index is -1.39. The number of anilines is 1. The minimum absolute atomic E-state index is 0.00574.